The molecule has 168 valence electrons. The van der Waals surface area contributed by atoms with E-state index in [0.717, 1.165) is 22.7 Å². The molecule has 0 spiro atoms. The summed E-state index contributed by atoms with van der Waals surface area (Å²) in [6.45, 7) is 1.97. The molecule has 0 aliphatic rings. The van der Waals surface area contributed by atoms with Gasteiger partial charge in [-0.15, -0.1) is 0 Å². The number of hydrogen-bond donors (Lipinski definition) is 1. The highest BCUT2D eigenvalue weighted by atomic mass is 32.2. The first-order chi connectivity index (χ1) is 15.4. The topological polar surface area (TPSA) is 75.7 Å². The molecule has 0 aliphatic heterocycles. The molecule has 0 saturated carbocycles. The van der Waals surface area contributed by atoms with Gasteiger partial charge in [0.1, 0.15) is 12.3 Å². The number of nitrogens with zero attached hydrogens (tertiary/aromatic N) is 1. The number of sulfonamides is 1. The van der Waals surface area contributed by atoms with Gasteiger partial charge in [0.2, 0.25) is 5.91 Å². The van der Waals surface area contributed by atoms with Gasteiger partial charge in [0.25, 0.3) is 10.0 Å². The van der Waals surface area contributed by atoms with Crippen molar-refractivity contribution in [2.24, 2.45) is 0 Å². The molecule has 3 aromatic rings. The summed E-state index contributed by atoms with van der Waals surface area (Å²) in [6, 6.07) is 23.3. The standard InChI is InChI=1S/C25H28N2O4S/c1-20-15-16-24(31-2)23(18-20)27(32(29,30)22-13-7-4-8-14-22)19-25(28)26-17-9-12-21-10-5-3-6-11-21/h3-8,10-11,13-16,18H,9,12,17,19H2,1-2H3,(H,26,28). The molecule has 3 aromatic carbocycles. The molecule has 32 heavy (non-hydrogen) atoms. The number of carbonyl (C=O) groups excluding carboxylic acids is 1. The zero-order valence-corrected chi connectivity index (χ0v) is 19.1. The van der Waals surface area contributed by atoms with Gasteiger partial charge in [0.15, 0.2) is 0 Å². The fourth-order valence-corrected chi connectivity index (χ4v) is 4.81. The Morgan fingerprint density at radius 3 is 2.28 bits per heavy atom. The van der Waals surface area contributed by atoms with Crippen LogP contribution in [0.25, 0.3) is 0 Å². The number of benzene rings is 3. The Kier molecular flexibility index (Phi) is 7.89. The van der Waals surface area contributed by atoms with Crippen LogP contribution in [-0.2, 0) is 21.2 Å². The first-order valence-electron chi connectivity index (χ1n) is 10.4. The molecule has 0 aromatic heterocycles. The predicted octanol–water partition coefficient (Wildman–Crippen LogP) is 3.95. The van der Waals surface area contributed by atoms with Crippen molar-refractivity contribution >= 4 is 21.6 Å². The Bertz CT molecular complexity index is 1130. The van der Waals surface area contributed by atoms with E-state index in [0.29, 0.717) is 18.0 Å². The fourth-order valence-electron chi connectivity index (χ4n) is 3.37. The molecule has 0 fully saturated rings. The molecule has 0 unspecified atom stereocenters. The summed E-state index contributed by atoms with van der Waals surface area (Å²) in [6.07, 6.45) is 1.59. The van der Waals surface area contributed by atoms with Crippen LogP contribution in [0.3, 0.4) is 0 Å². The molecule has 1 amide bonds. The third-order valence-electron chi connectivity index (χ3n) is 5.03. The quantitative estimate of drug-likeness (QED) is 0.473. The zero-order valence-electron chi connectivity index (χ0n) is 18.3. The summed E-state index contributed by atoms with van der Waals surface area (Å²) in [4.78, 5) is 12.9. The number of ether oxygens (including phenoxy) is 1. The SMILES string of the molecule is COc1ccc(C)cc1N(CC(=O)NCCCc1ccccc1)S(=O)(=O)c1ccccc1. The molecular weight excluding hydrogens is 424 g/mol. The van der Waals surface area contributed by atoms with Crippen molar-refractivity contribution in [1.29, 1.82) is 0 Å². The van der Waals surface area contributed by atoms with Gasteiger partial charge in [0, 0.05) is 6.54 Å². The van der Waals surface area contributed by atoms with Crippen LogP contribution in [0.15, 0.2) is 83.8 Å². The third kappa shape index (κ3) is 5.88. The molecule has 3 rings (SSSR count). The number of aryl methyl sites for hydroxylation is 2. The minimum absolute atomic E-state index is 0.112. The second-order valence-electron chi connectivity index (χ2n) is 7.44. The van der Waals surface area contributed by atoms with Crippen molar-refractivity contribution in [3.8, 4) is 5.75 Å². The molecule has 0 bridgehead atoms. The maximum absolute atomic E-state index is 13.5. The smallest absolute Gasteiger partial charge is 0.264 e. The molecule has 0 aliphatic carbocycles. The lowest BCUT2D eigenvalue weighted by Gasteiger charge is -2.26. The van der Waals surface area contributed by atoms with Gasteiger partial charge in [-0.3, -0.25) is 9.10 Å². The molecule has 1 N–H and O–H groups in total. The lowest BCUT2D eigenvalue weighted by Crippen LogP contribution is -2.41. The van der Waals surface area contributed by atoms with E-state index in [2.05, 4.69) is 5.32 Å². The molecule has 0 heterocycles. The first-order valence-corrected chi connectivity index (χ1v) is 11.9. The number of carbonyl (C=O) groups is 1. The summed E-state index contributed by atoms with van der Waals surface area (Å²) in [5.74, 6) is 0.00751. The molecule has 0 saturated heterocycles. The van der Waals surface area contributed by atoms with Crippen molar-refractivity contribution in [2.75, 3.05) is 24.5 Å². The van der Waals surface area contributed by atoms with Gasteiger partial charge in [-0.25, -0.2) is 8.42 Å². The van der Waals surface area contributed by atoms with E-state index in [1.807, 2.05) is 43.3 Å². The van der Waals surface area contributed by atoms with E-state index in [-0.39, 0.29) is 17.3 Å². The van der Waals surface area contributed by atoms with Crippen molar-refractivity contribution < 1.29 is 17.9 Å². The minimum atomic E-state index is -3.98. The van der Waals surface area contributed by atoms with Gasteiger partial charge in [-0.05, 0) is 55.2 Å². The number of rotatable bonds is 10. The zero-order chi connectivity index (χ0) is 23.0. The van der Waals surface area contributed by atoms with E-state index < -0.39 is 10.0 Å². The predicted molar refractivity (Wildman–Crippen MR) is 126 cm³/mol. The first kappa shape index (κ1) is 23.3. The highest BCUT2D eigenvalue weighted by molar-refractivity contribution is 7.92. The van der Waals surface area contributed by atoms with E-state index in [4.69, 9.17) is 4.74 Å². The third-order valence-corrected chi connectivity index (χ3v) is 6.80. The molecule has 7 heteroatoms. The number of anilines is 1. The van der Waals surface area contributed by atoms with E-state index in [1.165, 1.54) is 24.8 Å². The molecule has 0 atom stereocenters. The number of hydrogen-bond acceptors (Lipinski definition) is 4. The van der Waals surface area contributed by atoms with Crippen LogP contribution >= 0.6 is 0 Å². The van der Waals surface area contributed by atoms with Crippen molar-refractivity contribution in [3.05, 3.63) is 90.0 Å². The number of nitrogens with one attached hydrogen (secondary N) is 1. The monoisotopic (exact) mass is 452 g/mol. The fraction of sp³-hybridized carbons (Fsp3) is 0.240. The average molecular weight is 453 g/mol. The van der Waals surface area contributed by atoms with Crippen molar-refractivity contribution in [2.45, 2.75) is 24.7 Å². The maximum atomic E-state index is 13.5. The number of amides is 1. The Hall–Kier alpha value is -3.32. The Morgan fingerprint density at radius 2 is 1.62 bits per heavy atom. The second kappa shape index (κ2) is 10.8. The van der Waals surface area contributed by atoms with Gasteiger partial charge in [-0.2, -0.15) is 0 Å². The summed E-state index contributed by atoms with van der Waals surface area (Å²) in [7, 11) is -2.50. The number of methoxy groups -OCH3 is 1. The van der Waals surface area contributed by atoms with E-state index in [9.17, 15) is 13.2 Å². The van der Waals surface area contributed by atoms with Crippen molar-refractivity contribution in [1.82, 2.24) is 5.32 Å². The van der Waals surface area contributed by atoms with Crippen LogP contribution < -0.4 is 14.4 Å². The Balaban J connectivity index is 1.79. The van der Waals surface area contributed by atoms with Crippen LogP contribution in [0, 0.1) is 6.92 Å². The highest BCUT2D eigenvalue weighted by Gasteiger charge is 2.29. The molecule has 0 radical (unpaired) electrons. The lowest BCUT2D eigenvalue weighted by atomic mass is 10.1. The highest BCUT2D eigenvalue weighted by Crippen LogP contribution is 2.33. The maximum Gasteiger partial charge on any atom is 0.264 e. The average Bonchev–Trinajstić information content (AvgIpc) is 2.81. The Labute approximate surface area is 189 Å². The molecular formula is C25H28N2O4S. The normalized spacial score (nSPS) is 11.1. The minimum Gasteiger partial charge on any atom is -0.495 e. The second-order valence-corrected chi connectivity index (χ2v) is 9.30. The van der Waals surface area contributed by atoms with Crippen LogP contribution in [-0.4, -0.2) is 34.5 Å². The Morgan fingerprint density at radius 1 is 0.969 bits per heavy atom. The van der Waals surface area contributed by atoms with Crippen LogP contribution in [0.2, 0.25) is 0 Å². The van der Waals surface area contributed by atoms with E-state index >= 15 is 0 Å². The lowest BCUT2D eigenvalue weighted by molar-refractivity contribution is -0.119. The van der Waals surface area contributed by atoms with Gasteiger partial charge >= 0.3 is 0 Å². The summed E-state index contributed by atoms with van der Waals surface area (Å²) in [5.41, 5.74) is 2.38. The summed E-state index contributed by atoms with van der Waals surface area (Å²) < 4.78 is 33.4. The van der Waals surface area contributed by atoms with Crippen LogP contribution in [0.1, 0.15) is 17.5 Å². The van der Waals surface area contributed by atoms with Gasteiger partial charge in [-0.1, -0.05) is 54.6 Å². The van der Waals surface area contributed by atoms with Gasteiger partial charge in [0.05, 0.1) is 17.7 Å². The largest absolute Gasteiger partial charge is 0.495 e. The van der Waals surface area contributed by atoms with Gasteiger partial charge < -0.3 is 10.1 Å². The summed E-state index contributed by atoms with van der Waals surface area (Å²) >= 11 is 0. The molecule has 6 nitrogen and oxygen atoms in total. The van der Waals surface area contributed by atoms with E-state index in [1.54, 1.807) is 30.3 Å². The summed E-state index contributed by atoms with van der Waals surface area (Å²) in [5, 5.41) is 2.84. The van der Waals surface area contributed by atoms with Crippen LogP contribution in [0.4, 0.5) is 5.69 Å². The van der Waals surface area contributed by atoms with Crippen molar-refractivity contribution in [3.63, 3.8) is 0 Å². The van der Waals surface area contributed by atoms with Crippen LogP contribution in [0.5, 0.6) is 5.75 Å².